The number of nitrogens with one attached hydrogen (secondary N) is 1. The second-order valence-electron chi connectivity index (χ2n) is 6.71. The van der Waals surface area contributed by atoms with Crippen molar-refractivity contribution in [1.29, 1.82) is 0 Å². The molecule has 0 unspecified atom stereocenters. The van der Waals surface area contributed by atoms with Crippen LogP contribution in [-0.4, -0.2) is 31.4 Å². The fourth-order valence-electron chi connectivity index (χ4n) is 3.54. The molecule has 0 fully saturated rings. The molecule has 2 aliphatic heterocycles. The molecule has 0 aliphatic carbocycles. The molecule has 2 heterocycles. The summed E-state index contributed by atoms with van der Waals surface area (Å²) in [5, 5.41) is 3.33. The van der Waals surface area contributed by atoms with Gasteiger partial charge in [0.05, 0.1) is 24.4 Å². The van der Waals surface area contributed by atoms with Gasteiger partial charge in [-0.3, -0.25) is 4.90 Å². The van der Waals surface area contributed by atoms with Crippen molar-refractivity contribution in [2.75, 3.05) is 25.2 Å². The molecule has 0 spiro atoms. The summed E-state index contributed by atoms with van der Waals surface area (Å²) in [4.78, 5) is 14.3. The number of hydrogen-bond acceptors (Lipinski definition) is 5. The summed E-state index contributed by atoms with van der Waals surface area (Å²) in [6.07, 6.45) is 0. The lowest BCUT2D eigenvalue weighted by molar-refractivity contribution is -0.136. The first-order valence-electron chi connectivity index (χ1n) is 9.15. The van der Waals surface area contributed by atoms with Gasteiger partial charge >= 0.3 is 5.97 Å². The molecule has 0 radical (unpaired) electrons. The lowest BCUT2D eigenvalue weighted by atomic mass is 9.94. The number of allylic oxidation sites excluding steroid dienone is 1. The Morgan fingerprint density at radius 2 is 1.87 bits per heavy atom. The molecule has 30 heavy (non-hydrogen) atoms. The standard InChI is InChI=1S/C21H18F2N2O4S/c1-11-18(20(26)27-2)19(12-3-5-14(22)15(23)9-12)24-21(30)25(11)13-4-6-16-17(10-13)29-8-7-28-16/h3-6,9-10,19H,7-8H2,1-2H3,(H,24,30)/t19-/m0/s1. The summed E-state index contributed by atoms with van der Waals surface area (Å²) in [5.74, 6) is -1.42. The molecular formula is C21H18F2N2O4S. The van der Waals surface area contributed by atoms with Gasteiger partial charge in [-0.15, -0.1) is 0 Å². The Hall–Kier alpha value is -3.20. The number of hydrogen-bond donors (Lipinski definition) is 1. The topological polar surface area (TPSA) is 60.0 Å². The third-order valence-corrected chi connectivity index (χ3v) is 5.25. The number of fused-ring (bicyclic) bond motifs is 1. The molecule has 0 bridgehead atoms. The molecule has 156 valence electrons. The zero-order valence-electron chi connectivity index (χ0n) is 16.2. The molecule has 1 N–H and O–H groups in total. The molecule has 0 saturated heterocycles. The number of anilines is 1. The third kappa shape index (κ3) is 3.45. The van der Waals surface area contributed by atoms with Crippen LogP contribution >= 0.6 is 12.2 Å². The van der Waals surface area contributed by atoms with Crippen LogP contribution in [0, 0.1) is 11.6 Å². The highest BCUT2D eigenvalue weighted by Gasteiger charge is 2.36. The Balaban J connectivity index is 1.81. The van der Waals surface area contributed by atoms with Gasteiger partial charge in [-0.2, -0.15) is 0 Å². The number of methoxy groups -OCH3 is 1. The Bertz CT molecular complexity index is 1070. The van der Waals surface area contributed by atoms with Crippen LogP contribution in [0.5, 0.6) is 11.5 Å². The maximum atomic E-state index is 13.8. The average molecular weight is 432 g/mol. The first-order chi connectivity index (χ1) is 14.4. The van der Waals surface area contributed by atoms with Crippen LogP contribution < -0.4 is 19.7 Å². The van der Waals surface area contributed by atoms with Gasteiger partial charge < -0.3 is 19.5 Å². The van der Waals surface area contributed by atoms with E-state index in [0.29, 0.717) is 41.7 Å². The number of carbonyl (C=O) groups excluding carboxylic acids is 1. The highest BCUT2D eigenvalue weighted by atomic mass is 32.1. The van der Waals surface area contributed by atoms with Crippen LogP contribution in [0.1, 0.15) is 18.5 Å². The number of rotatable bonds is 3. The minimum absolute atomic E-state index is 0.229. The number of benzene rings is 2. The average Bonchev–Trinajstić information content (AvgIpc) is 2.74. The van der Waals surface area contributed by atoms with Crippen LogP contribution in [0.25, 0.3) is 0 Å². The molecule has 6 nitrogen and oxygen atoms in total. The maximum absolute atomic E-state index is 13.8. The van der Waals surface area contributed by atoms with Crippen molar-refractivity contribution in [3.05, 3.63) is 64.9 Å². The smallest absolute Gasteiger partial charge is 0.337 e. The predicted octanol–water partition coefficient (Wildman–Crippen LogP) is 3.62. The minimum atomic E-state index is -1.02. The molecule has 0 saturated carbocycles. The SMILES string of the molecule is COC(=O)C1=C(C)N(c2ccc3c(c2)OCCO3)C(=S)N[C@H]1c1ccc(F)c(F)c1. The lowest BCUT2D eigenvalue weighted by Crippen LogP contribution is -2.48. The first-order valence-corrected chi connectivity index (χ1v) is 9.56. The molecule has 2 aromatic rings. The van der Waals surface area contributed by atoms with Gasteiger partial charge in [-0.1, -0.05) is 6.07 Å². The highest BCUT2D eigenvalue weighted by Crippen LogP contribution is 2.38. The molecule has 1 atom stereocenters. The minimum Gasteiger partial charge on any atom is -0.486 e. The second kappa shape index (κ2) is 7.91. The van der Waals surface area contributed by atoms with Crippen molar-refractivity contribution in [2.45, 2.75) is 13.0 Å². The van der Waals surface area contributed by atoms with Crippen molar-refractivity contribution in [3.63, 3.8) is 0 Å². The lowest BCUT2D eigenvalue weighted by Gasteiger charge is -2.37. The van der Waals surface area contributed by atoms with Crippen molar-refractivity contribution >= 4 is 29.0 Å². The van der Waals surface area contributed by atoms with Gasteiger partial charge in [-0.05, 0) is 49.0 Å². The molecule has 2 aromatic carbocycles. The van der Waals surface area contributed by atoms with Crippen molar-refractivity contribution in [1.82, 2.24) is 5.32 Å². The summed E-state index contributed by atoms with van der Waals surface area (Å²) in [6, 6.07) is 7.95. The van der Waals surface area contributed by atoms with E-state index in [1.165, 1.54) is 13.2 Å². The third-order valence-electron chi connectivity index (χ3n) is 4.95. The summed E-state index contributed by atoms with van der Waals surface area (Å²) in [6.45, 7) is 2.61. The van der Waals surface area contributed by atoms with Crippen molar-refractivity contribution < 1.29 is 27.8 Å². The predicted molar refractivity (Wildman–Crippen MR) is 109 cm³/mol. The van der Waals surface area contributed by atoms with E-state index in [2.05, 4.69) is 5.32 Å². The van der Waals surface area contributed by atoms with Crippen LogP contribution in [0.2, 0.25) is 0 Å². The molecule has 0 amide bonds. The first kappa shape index (κ1) is 20.1. The van der Waals surface area contributed by atoms with Gasteiger partial charge in [0, 0.05) is 11.8 Å². The fourth-order valence-corrected chi connectivity index (χ4v) is 3.90. The van der Waals surface area contributed by atoms with Gasteiger partial charge in [0.25, 0.3) is 0 Å². The van der Waals surface area contributed by atoms with E-state index in [1.54, 1.807) is 30.0 Å². The van der Waals surface area contributed by atoms with Gasteiger partial charge in [-0.25, -0.2) is 13.6 Å². The van der Waals surface area contributed by atoms with Crippen molar-refractivity contribution in [2.24, 2.45) is 0 Å². The highest BCUT2D eigenvalue weighted by molar-refractivity contribution is 7.80. The Labute approximate surface area is 177 Å². The summed E-state index contributed by atoms with van der Waals surface area (Å²) in [7, 11) is 1.26. The molecular weight excluding hydrogens is 414 g/mol. The fraction of sp³-hybridized carbons (Fsp3) is 0.238. The largest absolute Gasteiger partial charge is 0.486 e. The monoisotopic (exact) mass is 432 g/mol. The van der Waals surface area contributed by atoms with E-state index in [9.17, 15) is 13.6 Å². The van der Waals surface area contributed by atoms with Crippen LogP contribution in [0.3, 0.4) is 0 Å². The van der Waals surface area contributed by atoms with E-state index in [4.69, 9.17) is 26.4 Å². The Morgan fingerprint density at radius 3 is 2.57 bits per heavy atom. The van der Waals surface area contributed by atoms with Crippen LogP contribution in [0.15, 0.2) is 47.7 Å². The number of carbonyl (C=O) groups is 1. The van der Waals surface area contributed by atoms with Crippen molar-refractivity contribution in [3.8, 4) is 11.5 Å². The van der Waals surface area contributed by atoms with E-state index >= 15 is 0 Å². The second-order valence-corrected chi connectivity index (χ2v) is 7.10. The molecule has 4 rings (SSSR count). The van der Waals surface area contributed by atoms with Gasteiger partial charge in [0.1, 0.15) is 13.2 Å². The van der Waals surface area contributed by atoms with E-state index in [0.717, 1.165) is 12.1 Å². The van der Waals surface area contributed by atoms with Gasteiger partial charge in [0.2, 0.25) is 0 Å². The molecule has 2 aliphatic rings. The molecule has 0 aromatic heterocycles. The quantitative estimate of drug-likeness (QED) is 0.587. The zero-order valence-corrected chi connectivity index (χ0v) is 17.0. The van der Waals surface area contributed by atoms with E-state index in [-0.39, 0.29) is 10.7 Å². The number of thiocarbonyl (C=S) groups is 1. The maximum Gasteiger partial charge on any atom is 0.337 e. The van der Waals surface area contributed by atoms with Crippen LogP contribution in [0.4, 0.5) is 14.5 Å². The normalized spacial score (nSPS) is 18.2. The Morgan fingerprint density at radius 1 is 1.13 bits per heavy atom. The van der Waals surface area contributed by atoms with Crippen LogP contribution in [-0.2, 0) is 9.53 Å². The summed E-state index contributed by atoms with van der Waals surface area (Å²) in [5.41, 5.74) is 1.72. The number of ether oxygens (including phenoxy) is 3. The molecule has 9 heteroatoms. The van der Waals surface area contributed by atoms with E-state index < -0.39 is 23.6 Å². The zero-order chi connectivity index (χ0) is 21.4. The number of halogens is 2. The summed E-state index contributed by atoms with van der Waals surface area (Å²) < 4.78 is 43.4. The van der Waals surface area contributed by atoms with E-state index in [1.807, 2.05) is 0 Å². The summed E-state index contributed by atoms with van der Waals surface area (Å²) >= 11 is 5.54. The van der Waals surface area contributed by atoms with Gasteiger partial charge in [0.15, 0.2) is 28.2 Å². The number of nitrogens with zero attached hydrogens (tertiary/aromatic N) is 1. The number of esters is 1. The Kier molecular flexibility index (Phi) is 5.29.